The first-order valence-corrected chi connectivity index (χ1v) is 6.58. The topological polar surface area (TPSA) is 18.5 Å². The van der Waals surface area contributed by atoms with Crippen LogP contribution >= 0.6 is 0 Å². The molecule has 0 aliphatic carbocycles. The Labute approximate surface area is 114 Å². The van der Waals surface area contributed by atoms with Crippen LogP contribution in [0, 0.1) is 0 Å². The standard InChI is InChI=1S/C17H18O2/c1-16(2)13-18-17(19-16,14-9-5-3-6-10-14)15-11-7-4-8-12-15/h3-12H,13H2,1-2H3. The minimum Gasteiger partial charge on any atom is -0.339 e. The van der Waals surface area contributed by atoms with E-state index in [1.807, 2.05) is 36.4 Å². The van der Waals surface area contributed by atoms with Crippen LogP contribution in [0.2, 0.25) is 0 Å². The van der Waals surface area contributed by atoms with Gasteiger partial charge in [-0.3, -0.25) is 0 Å². The van der Waals surface area contributed by atoms with E-state index in [2.05, 4.69) is 38.1 Å². The normalized spacial score (nSPS) is 20.3. The predicted octanol–water partition coefficient (Wildman–Crippen LogP) is 3.71. The summed E-state index contributed by atoms with van der Waals surface area (Å²) < 4.78 is 12.4. The first kappa shape index (κ1) is 12.4. The minimum atomic E-state index is -0.786. The molecule has 1 aliphatic rings. The van der Waals surface area contributed by atoms with Crippen molar-refractivity contribution in [2.75, 3.05) is 6.61 Å². The van der Waals surface area contributed by atoms with Crippen molar-refractivity contribution in [3.05, 3.63) is 71.8 Å². The molecule has 1 saturated heterocycles. The molecule has 1 aliphatic heterocycles. The molecule has 1 fully saturated rings. The third kappa shape index (κ3) is 2.18. The van der Waals surface area contributed by atoms with E-state index in [1.165, 1.54) is 0 Å². The van der Waals surface area contributed by atoms with Gasteiger partial charge in [-0.1, -0.05) is 60.7 Å². The number of benzene rings is 2. The summed E-state index contributed by atoms with van der Waals surface area (Å²) in [5.41, 5.74) is 1.78. The van der Waals surface area contributed by atoms with E-state index < -0.39 is 5.79 Å². The molecule has 1 heterocycles. The van der Waals surface area contributed by atoms with E-state index in [-0.39, 0.29) is 5.60 Å². The van der Waals surface area contributed by atoms with E-state index >= 15 is 0 Å². The highest BCUT2D eigenvalue weighted by molar-refractivity contribution is 5.34. The van der Waals surface area contributed by atoms with Gasteiger partial charge in [0.1, 0.15) is 0 Å². The highest BCUT2D eigenvalue weighted by Crippen LogP contribution is 2.43. The molecule has 2 aromatic rings. The summed E-state index contributed by atoms with van der Waals surface area (Å²) in [5, 5.41) is 0. The van der Waals surface area contributed by atoms with Crippen molar-refractivity contribution in [3.8, 4) is 0 Å². The van der Waals surface area contributed by atoms with Crippen molar-refractivity contribution in [3.63, 3.8) is 0 Å². The summed E-state index contributed by atoms with van der Waals surface area (Å²) in [7, 11) is 0. The molecule has 2 heteroatoms. The van der Waals surface area contributed by atoms with Crippen LogP contribution in [0.15, 0.2) is 60.7 Å². The van der Waals surface area contributed by atoms with Crippen molar-refractivity contribution in [1.82, 2.24) is 0 Å². The van der Waals surface area contributed by atoms with Gasteiger partial charge in [0.2, 0.25) is 5.79 Å². The fraction of sp³-hybridized carbons (Fsp3) is 0.294. The van der Waals surface area contributed by atoms with E-state index in [1.54, 1.807) is 0 Å². The monoisotopic (exact) mass is 254 g/mol. The highest BCUT2D eigenvalue weighted by atomic mass is 16.8. The van der Waals surface area contributed by atoms with Crippen molar-refractivity contribution < 1.29 is 9.47 Å². The number of hydrogen-bond acceptors (Lipinski definition) is 2. The Hall–Kier alpha value is -1.64. The lowest BCUT2D eigenvalue weighted by Gasteiger charge is -2.30. The van der Waals surface area contributed by atoms with Gasteiger partial charge in [0.25, 0.3) is 0 Å². The highest BCUT2D eigenvalue weighted by Gasteiger charge is 2.48. The van der Waals surface area contributed by atoms with Gasteiger partial charge < -0.3 is 9.47 Å². The van der Waals surface area contributed by atoms with Crippen LogP contribution in [0.25, 0.3) is 0 Å². The Morgan fingerprint density at radius 2 is 1.26 bits per heavy atom. The first-order chi connectivity index (χ1) is 9.12. The largest absolute Gasteiger partial charge is 0.339 e. The second kappa shape index (κ2) is 4.48. The Morgan fingerprint density at radius 1 is 0.789 bits per heavy atom. The SMILES string of the molecule is CC1(C)COC(c2ccccc2)(c2ccccc2)O1. The number of ether oxygens (including phenoxy) is 2. The molecule has 0 saturated carbocycles. The molecule has 0 N–H and O–H groups in total. The molecule has 0 atom stereocenters. The maximum Gasteiger partial charge on any atom is 0.223 e. The van der Waals surface area contributed by atoms with Crippen molar-refractivity contribution >= 4 is 0 Å². The molecule has 0 unspecified atom stereocenters. The second-order valence-electron chi connectivity index (χ2n) is 5.50. The van der Waals surface area contributed by atoms with Crippen molar-refractivity contribution in [1.29, 1.82) is 0 Å². The Balaban J connectivity index is 2.13. The van der Waals surface area contributed by atoms with Crippen LogP contribution in [0.1, 0.15) is 25.0 Å². The third-order valence-corrected chi connectivity index (χ3v) is 3.35. The molecule has 3 rings (SSSR count). The molecular weight excluding hydrogens is 236 g/mol. The molecule has 0 bridgehead atoms. The van der Waals surface area contributed by atoms with E-state index in [4.69, 9.17) is 9.47 Å². The lowest BCUT2D eigenvalue weighted by molar-refractivity contribution is -0.158. The summed E-state index contributed by atoms with van der Waals surface area (Å²) >= 11 is 0. The lowest BCUT2D eigenvalue weighted by Crippen LogP contribution is -2.32. The zero-order valence-electron chi connectivity index (χ0n) is 11.3. The smallest absolute Gasteiger partial charge is 0.223 e. The lowest BCUT2D eigenvalue weighted by atomic mass is 9.97. The van der Waals surface area contributed by atoms with Crippen LogP contribution in [0.3, 0.4) is 0 Å². The summed E-state index contributed by atoms with van der Waals surface area (Å²) in [6.45, 7) is 4.69. The van der Waals surface area contributed by atoms with Gasteiger partial charge in [0.05, 0.1) is 12.2 Å². The average Bonchev–Trinajstić information content (AvgIpc) is 2.78. The maximum atomic E-state index is 6.29. The van der Waals surface area contributed by atoms with Gasteiger partial charge in [-0.05, 0) is 13.8 Å². The van der Waals surface area contributed by atoms with Crippen molar-refractivity contribution in [2.45, 2.75) is 25.2 Å². The third-order valence-electron chi connectivity index (χ3n) is 3.35. The molecule has 98 valence electrons. The molecule has 2 nitrogen and oxygen atoms in total. The van der Waals surface area contributed by atoms with Gasteiger partial charge in [0.15, 0.2) is 0 Å². The molecule has 0 radical (unpaired) electrons. The van der Waals surface area contributed by atoms with Gasteiger partial charge >= 0.3 is 0 Å². The van der Waals surface area contributed by atoms with Crippen LogP contribution in [0.4, 0.5) is 0 Å². The number of hydrogen-bond donors (Lipinski definition) is 0. The Kier molecular flexibility index (Phi) is 2.92. The van der Waals surface area contributed by atoms with Gasteiger partial charge in [-0.15, -0.1) is 0 Å². The van der Waals surface area contributed by atoms with Crippen LogP contribution in [-0.4, -0.2) is 12.2 Å². The van der Waals surface area contributed by atoms with Gasteiger partial charge in [-0.2, -0.15) is 0 Å². The van der Waals surface area contributed by atoms with Crippen LogP contribution < -0.4 is 0 Å². The fourth-order valence-electron chi connectivity index (χ4n) is 2.49. The van der Waals surface area contributed by atoms with Gasteiger partial charge in [-0.25, -0.2) is 0 Å². The molecule has 0 spiro atoms. The van der Waals surface area contributed by atoms with Crippen LogP contribution in [0.5, 0.6) is 0 Å². The second-order valence-corrected chi connectivity index (χ2v) is 5.50. The predicted molar refractivity (Wildman–Crippen MR) is 74.8 cm³/mol. The Morgan fingerprint density at radius 3 is 1.63 bits per heavy atom. The fourth-order valence-corrected chi connectivity index (χ4v) is 2.49. The van der Waals surface area contributed by atoms with E-state index in [9.17, 15) is 0 Å². The van der Waals surface area contributed by atoms with Crippen LogP contribution in [-0.2, 0) is 15.3 Å². The molecule has 19 heavy (non-hydrogen) atoms. The molecule has 2 aromatic carbocycles. The van der Waals surface area contributed by atoms with Crippen molar-refractivity contribution in [2.24, 2.45) is 0 Å². The van der Waals surface area contributed by atoms with E-state index in [0.29, 0.717) is 6.61 Å². The Bertz CT molecular complexity index is 506. The zero-order chi connectivity index (χ0) is 13.3. The molecular formula is C17H18O2. The molecule has 0 aromatic heterocycles. The summed E-state index contributed by atoms with van der Waals surface area (Å²) in [6, 6.07) is 20.3. The zero-order valence-corrected chi connectivity index (χ0v) is 11.3. The quantitative estimate of drug-likeness (QED) is 0.813. The number of rotatable bonds is 2. The summed E-state index contributed by atoms with van der Waals surface area (Å²) in [5.74, 6) is -0.786. The maximum absolute atomic E-state index is 6.29. The molecule has 0 amide bonds. The van der Waals surface area contributed by atoms with E-state index in [0.717, 1.165) is 11.1 Å². The van der Waals surface area contributed by atoms with Gasteiger partial charge in [0, 0.05) is 11.1 Å². The average molecular weight is 254 g/mol. The summed E-state index contributed by atoms with van der Waals surface area (Å²) in [6.07, 6.45) is 0. The first-order valence-electron chi connectivity index (χ1n) is 6.58. The minimum absolute atomic E-state index is 0.286. The summed E-state index contributed by atoms with van der Waals surface area (Å²) in [4.78, 5) is 0.